The summed E-state index contributed by atoms with van der Waals surface area (Å²) in [5.74, 6) is -1.72. The minimum Gasteiger partial charge on any atom is -0.452 e. The molecule has 3 atom stereocenters. The molecule has 0 spiro atoms. The summed E-state index contributed by atoms with van der Waals surface area (Å²) in [5.41, 5.74) is 0.973. The van der Waals surface area contributed by atoms with Gasteiger partial charge in [-0.05, 0) is 67.6 Å². The van der Waals surface area contributed by atoms with Crippen LogP contribution in [0.5, 0.6) is 0 Å². The second kappa shape index (κ2) is 9.53. The SMILES string of the molecule is C[C@@H]1CC[C@H]2C(=O)N(c3ccc(C(=O)OCC(=O)Nc4ccc(Cl)cc4Cl)cc3)C(=O)[C@H]2C1. The third-order valence-electron chi connectivity index (χ3n) is 6.09. The summed E-state index contributed by atoms with van der Waals surface area (Å²) in [6, 6.07) is 10.6. The van der Waals surface area contributed by atoms with E-state index in [1.807, 2.05) is 0 Å². The van der Waals surface area contributed by atoms with E-state index in [0.29, 0.717) is 22.3 Å². The average molecular weight is 489 g/mol. The first-order chi connectivity index (χ1) is 15.7. The van der Waals surface area contributed by atoms with E-state index >= 15 is 0 Å². The molecule has 3 amide bonds. The van der Waals surface area contributed by atoms with Crippen molar-refractivity contribution in [2.24, 2.45) is 17.8 Å². The van der Waals surface area contributed by atoms with E-state index < -0.39 is 18.5 Å². The fourth-order valence-corrected chi connectivity index (χ4v) is 4.84. The molecule has 1 saturated carbocycles. The summed E-state index contributed by atoms with van der Waals surface area (Å²) in [7, 11) is 0. The number of hydrogen-bond donors (Lipinski definition) is 1. The van der Waals surface area contributed by atoms with E-state index in [1.165, 1.54) is 23.1 Å². The molecular weight excluding hydrogens is 467 g/mol. The number of anilines is 2. The molecule has 1 aliphatic heterocycles. The monoisotopic (exact) mass is 488 g/mol. The highest BCUT2D eigenvalue weighted by atomic mass is 35.5. The van der Waals surface area contributed by atoms with Crippen LogP contribution in [0.25, 0.3) is 0 Å². The van der Waals surface area contributed by atoms with Crippen LogP contribution < -0.4 is 10.2 Å². The lowest BCUT2D eigenvalue weighted by atomic mass is 9.76. The van der Waals surface area contributed by atoms with Gasteiger partial charge in [-0.25, -0.2) is 4.79 Å². The average Bonchev–Trinajstić information content (AvgIpc) is 3.03. The number of benzene rings is 2. The first-order valence-corrected chi connectivity index (χ1v) is 11.4. The Morgan fingerprint density at radius 2 is 1.73 bits per heavy atom. The summed E-state index contributed by atoms with van der Waals surface area (Å²) in [5, 5.41) is 3.23. The molecule has 2 fully saturated rings. The minimum absolute atomic E-state index is 0.176. The van der Waals surface area contributed by atoms with Gasteiger partial charge in [0.25, 0.3) is 5.91 Å². The third kappa shape index (κ3) is 4.89. The van der Waals surface area contributed by atoms with Crippen LogP contribution in [-0.2, 0) is 19.1 Å². The fraction of sp³-hybridized carbons (Fsp3) is 0.333. The number of rotatable bonds is 5. The van der Waals surface area contributed by atoms with Gasteiger partial charge in [0, 0.05) is 5.02 Å². The number of carbonyl (C=O) groups is 4. The maximum absolute atomic E-state index is 12.8. The zero-order valence-electron chi connectivity index (χ0n) is 17.8. The topological polar surface area (TPSA) is 92.8 Å². The van der Waals surface area contributed by atoms with Crippen LogP contribution in [-0.4, -0.2) is 30.3 Å². The van der Waals surface area contributed by atoms with E-state index in [0.717, 1.165) is 19.3 Å². The smallest absolute Gasteiger partial charge is 0.338 e. The van der Waals surface area contributed by atoms with E-state index in [1.54, 1.807) is 24.3 Å². The second-order valence-electron chi connectivity index (χ2n) is 8.44. The molecule has 2 aliphatic rings. The van der Waals surface area contributed by atoms with Gasteiger partial charge in [0.1, 0.15) is 0 Å². The number of halogens is 2. The molecule has 1 heterocycles. The molecule has 7 nitrogen and oxygen atoms in total. The highest BCUT2D eigenvalue weighted by molar-refractivity contribution is 6.36. The van der Waals surface area contributed by atoms with Crippen molar-refractivity contribution in [1.29, 1.82) is 0 Å². The Morgan fingerprint density at radius 1 is 1.03 bits per heavy atom. The molecule has 0 aromatic heterocycles. The van der Waals surface area contributed by atoms with Gasteiger partial charge < -0.3 is 10.1 Å². The van der Waals surface area contributed by atoms with Crippen LogP contribution in [0.4, 0.5) is 11.4 Å². The fourth-order valence-electron chi connectivity index (χ4n) is 4.38. The molecule has 0 radical (unpaired) electrons. The van der Waals surface area contributed by atoms with Crippen molar-refractivity contribution in [2.45, 2.75) is 26.2 Å². The van der Waals surface area contributed by atoms with Crippen molar-refractivity contribution in [3.63, 3.8) is 0 Å². The lowest BCUT2D eigenvalue weighted by Gasteiger charge is -2.25. The molecule has 33 heavy (non-hydrogen) atoms. The number of amides is 3. The Labute approximate surface area is 201 Å². The standard InChI is InChI=1S/C24H22Cl2N2O5/c1-13-2-8-17-18(10-13)23(31)28(22(17)30)16-6-3-14(4-7-16)24(32)33-12-21(29)27-20-9-5-15(25)11-19(20)26/h3-7,9,11,13,17-18H,2,8,10,12H2,1H3,(H,27,29)/t13-,17-,18+/m1/s1. The van der Waals surface area contributed by atoms with Gasteiger partial charge in [0.05, 0.1) is 33.8 Å². The second-order valence-corrected chi connectivity index (χ2v) is 9.28. The van der Waals surface area contributed by atoms with Gasteiger partial charge in [-0.3, -0.25) is 19.3 Å². The van der Waals surface area contributed by atoms with Gasteiger partial charge in [0.15, 0.2) is 6.61 Å². The highest BCUT2D eigenvalue weighted by Crippen LogP contribution is 2.42. The molecule has 0 bridgehead atoms. The van der Waals surface area contributed by atoms with Crippen molar-refractivity contribution >= 4 is 58.3 Å². The molecule has 1 N–H and O–H groups in total. The number of imide groups is 1. The van der Waals surface area contributed by atoms with Crippen molar-refractivity contribution < 1.29 is 23.9 Å². The molecule has 1 aliphatic carbocycles. The van der Waals surface area contributed by atoms with Gasteiger partial charge in [0.2, 0.25) is 11.8 Å². The predicted molar refractivity (Wildman–Crippen MR) is 124 cm³/mol. The molecule has 2 aromatic carbocycles. The van der Waals surface area contributed by atoms with Gasteiger partial charge >= 0.3 is 5.97 Å². The number of hydrogen-bond acceptors (Lipinski definition) is 5. The Morgan fingerprint density at radius 3 is 2.42 bits per heavy atom. The maximum atomic E-state index is 12.8. The van der Waals surface area contributed by atoms with Crippen LogP contribution >= 0.6 is 23.2 Å². The zero-order chi connectivity index (χ0) is 23.7. The minimum atomic E-state index is -0.708. The normalized spacial score (nSPS) is 22.2. The quantitative estimate of drug-likeness (QED) is 0.485. The summed E-state index contributed by atoms with van der Waals surface area (Å²) in [6.45, 7) is 1.59. The first kappa shape index (κ1) is 23.3. The Kier molecular flexibility index (Phi) is 6.72. The van der Waals surface area contributed by atoms with E-state index in [4.69, 9.17) is 27.9 Å². The number of carbonyl (C=O) groups excluding carboxylic acids is 4. The van der Waals surface area contributed by atoms with Crippen molar-refractivity contribution in [3.8, 4) is 0 Å². The predicted octanol–water partition coefficient (Wildman–Crippen LogP) is 4.71. The summed E-state index contributed by atoms with van der Waals surface area (Å²) in [4.78, 5) is 51.3. The number of ether oxygens (including phenoxy) is 1. The Balaban J connectivity index is 1.36. The van der Waals surface area contributed by atoms with E-state index in [2.05, 4.69) is 12.2 Å². The number of fused-ring (bicyclic) bond motifs is 1. The third-order valence-corrected chi connectivity index (χ3v) is 6.64. The number of nitrogens with one attached hydrogen (secondary N) is 1. The van der Waals surface area contributed by atoms with Crippen LogP contribution in [0.1, 0.15) is 36.5 Å². The number of nitrogens with zero attached hydrogens (tertiary/aromatic N) is 1. The molecule has 1 saturated heterocycles. The van der Waals surface area contributed by atoms with Crippen LogP contribution in [0, 0.1) is 17.8 Å². The van der Waals surface area contributed by atoms with Crippen molar-refractivity contribution in [3.05, 3.63) is 58.1 Å². The molecule has 4 rings (SSSR count). The highest BCUT2D eigenvalue weighted by Gasteiger charge is 2.49. The van der Waals surface area contributed by atoms with Gasteiger partial charge in [-0.1, -0.05) is 30.1 Å². The zero-order valence-corrected chi connectivity index (χ0v) is 19.4. The Bertz CT molecular complexity index is 1120. The maximum Gasteiger partial charge on any atom is 0.338 e. The summed E-state index contributed by atoms with van der Waals surface area (Å²) in [6.07, 6.45) is 2.39. The van der Waals surface area contributed by atoms with Crippen LogP contribution in [0.3, 0.4) is 0 Å². The summed E-state index contributed by atoms with van der Waals surface area (Å²) >= 11 is 11.8. The molecular formula is C24H22Cl2N2O5. The van der Waals surface area contributed by atoms with Crippen molar-refractivity contribution in [2.75, 3.05) is 16.8 Å². The van der Waals surface area contributed by atoms with Gasteiger partial charge in [-0.15, -0.1) is 0 Å². The van der Waals surface area contributed by atoms with Crippen LogP contribution in [0.2, 0.25) is 10.0 Å². The molecule has 2 aromatic rings. The van der Waals surface area contributed by atoms with E-state index in [-0.39, 0.29) is 34.2 Å². The van der Waals surface area contributed by atoms with Gasteiger partial charge in [-0.2, -0.15) is 0 Å². The largest absolute Gasteiger partial charge is 0.452 e. The first-order valence-electron chi connectivity index (χ1n) is 10.6. The lowest BCUT2D eigenvalue weighted by molar-refractivity contribution is -0.122. The Hall–Kier alpha value is -2.90. The van der Waals surface area contributed by atoms with Crippen LogP contribution in [0.15, 0.2) is 42.5 Å². The number of esters is 1. The molecule has 172 valence electrons. The van der Waals surface area contributed by atoms with Crippen molar-refractivity contribution in [1.82, 2.24) is 0 Å². The lowest BCUT2D eigenvalue weighted by Crippen LogP contribution is -2.30. The summed E-state index contributed by atoms with van der Waals surface area (Å²) < 4.78 is 5.05. The molecule has 0 unspecified atom stereocenters. The van der Waals surface area contributed by atoms with E-state index in [9.17, 15) is 19.2 Å². The molecule has 9 heteroatoms.